The molecule has 104 valence electrons. The van der Waals surface area contributed by atoms with E-state index in [9.17, 15) is 9.18 Å². The third-order valence-corrected chi connectivity index (χ3v) is 3.88. The lowest BCUT2D eigenvalue weighted by Gasteiger charge is -2.07. The molecule has 0 radical (unpaired) electrons. The molecule has 0 spiro atoms. The Morgan fingerprint density at radius 3 is 2.40 bits per heavy atom. The van der Waals surface area contributed by atoms with E-state index in [0.717, 1.165) is 0 Å². The number of nitrogen functional groups attached to an aromatic ring is 1. The Bertz CT molecular complexity index is 668. The molecule has 0 aromatic heterocycles. The second-order valence-corrected chi connectivity index (χ2v) is 5.92. The molecule has 0 amide bonds. The zero-order valence-corrected chi connectivity index (χ0v) is 13.2. The maximum absolute atomic E-state index is 13.6. The maximum atomic E-state index is 13.6. The molecule has 0 unspecified atom stereocenters. The first-order valence-electron chi connectivity index (χ1n) is 5.60. The van der Waals surface area contributed by atoms with Gasteiger partial charge in [0.05, 0.1) is 15.7 Å². The van der Waals surface area contributed by atoms with Crippen LogP contribution >= 0.6 is 39.1 Å². The number of anilines is 1. The van der Waals surface area contributed by atoms with Gasteiger partial charge in [-0.2, -0.15) is 0 Å². The van der Waals surface area contributed by atoms with E-state index in [0.29, 0.717) is 15.6 Å². The van der Waals surface area contributed by atoms with Crippen LogP contribution in [0.2, 0.25) is 10.0 Å². The first-order chi connectivity index (χ1) is 9.38. The zero-order chi connectivity index (χ0) is 14.9. The fraction of sp³-hybridized carbons (Fsp3) is 0.0714. The Balaban J connectivity index is 2.31. The van der Waals surface area contributed by atoms with Crippen LogP contribution < -0.4 is 5.73 Å². The number of Topliss-reactive ketones (excluding diaryl/α,β-unsaturated/α-hetero) is 1. The van der Waals surface area contributed by atoms with Crippen molar-refractivity contribution >= 4 is 50.6 Å². The summed E-state index contributed by atoms with van der Waals surface area (Å²) in [6.07, 6.45) is -0.0815. The van der Waals surface area contributed by atoms with Crippen LogP contribution in [0.25, 0.3) is 0 Å². The van der Waals surface area contributed by atoms with E-state index in [1.165, 1.54) is 18.2 Å². The topological polar surface area (TPSA) is 43.1 Å². The summed E-state index contributed by atoms with van der Waals surface area (Å²) in [6, 6.07) is 7.30. The lowest BCUT2D eigenvalue weighted by molar-refractivity contribution is 0.0992. The maximum Gasteiger partial charge on any atom is 0.167 e. The second-order valence-electron chi connectivity index (χ2n) is 4.19. The Kier molecular flexibility index (Phi) is 4.68. The first-order valence-corrected chi connectivity index (χ1v) is 7.15. The van der Waals surface area contributed by atoms with Gasteiger partial charge in [0.1, 0.15) is 5.82 Å². The van der Waals surface area contributed by atoms with Gasteiger partial charge >= 0.3 is 0 Å². The minimum absolute atomic E-state index is 0.0815. The van der Waals surface area contributed by atoms with Crippen molar-refractivity contribution in [2.45, 2.75) is 6.42 Å². The summed E-state index contributed by atoms with van der Waals surface area (Å²) in [5.41, 5.74) is 6.43. The molecular formula is C14H9BrCl2FNO. The van der Waals surface area contributed by atoms with Crippen molar-refractivity contribution in [2.24, 2.45) is 0 Å². The van der Waals surface area contributed by atoms with Crippen LogP contribution in [0.1, 0.15) is 15.9 Å². The molecule has 0 fully saturated rings. The molecule has 0 bridgehead atoms. The summed E-state index contributed by atoms with van der Waals surface area (Å²) >= 11 is 15.0. The van der Waals surface area contributed by atoms with Crippen molar-refractivity contribution in [1.29, 1.82) is 0 Å². The lowest BCUT2D eigenvalue weighted by Crippen LogP contribution is -2.06. The molecule has 0 heterocycles. The van der Waals surface area contributed by atoms with Gasteiger partial charge in [0, 0.05) is 16.5 Å². The van der Waals surface area contributed by atoms with Gasteiger partial charge in [-0.1, -0.05) is 39.1 Å². The summed E-state index contributed by atoms with van der Waals surface area (Å²) in [6.45, 7) is 0. The zero-order valence-electron chi connectivity index (χ0n) is 10.1. The normalized spacial score (nSPS) is 10.6. The van der Waals surface area contributed by atoms with Crippen molar-refractivity contribution in [3.63, 3.8) is 0 Å². The van der Waals surface area contributed by atoms with E-state index in [1.807, 2.05) is 0 Å². The largest absolute Gasteiger partial charge is 0.396 e. The number of rotatable bonds is 3. The number of carbonyl (C=O) groups is 1. The average Bonchev–Trinajstić information content (AvgIpc) is 2.39. The predicted molar refractivity (Wildman–Crippen MR) is 83.0 cm³/mol. The summed E-state index contributed by atoms with van der Waals surface area (Å²) < 4.78 is 14.3. The fourth-order valence-electron chi connectivity index (χ4n) is 1.70. The van der Waals surface area contributed by atoms with E-state index in [4.69, 9.17) is 28.9 Å². The van der Waals surface area contributed by atoms with Crippen LogP contribution in [0.15, 0.2) is 34.8 Å². The molecule has 2 aromatic rings. The highest BCUT2D eigenvalue weighted by molar-refractivity contribution is 9.10. The van der Waals surface area contributed by atoms with E-state index in [1.54, 1.807) is 12.1 Å². The third kappa shape index (κ3) is 3.32. The number of halogens is 4. The Labute approximate surface area is 133 Å². The molecular weight excluding hydrogens is 368 g/mol. The lowest BCUT2D eigenvalue weighted by atomic mass is 10.0. The number of ketones is 1. The van der Waals surface area contributed by atoms with E-state index >= 15 is 0 Å². The van der Waals surface area contributed by atoms with E-state index < -0.39 is 5.82 Å². The Morgan fingerprint density at radius 1 is 1.20 bits per heavy atom. The van der Waals surface area contributed by atoms with Crippen molar-refractivity contribution in [1.82, 2.24) is 0 Å². The van der Waals surface area contributed by atoms with Gasteiger partial charge in [0.15, 0.2) is 5.78 Å². The number of benzene rings is 2. The van der Waals surface area contributed by atoms with Crippen molar-refractivity contribution < 1.29 is 9.18 Å². The molecule has 6 heteroatoms. The van der Waals surface area contributed by atoms with Gasteiger partial charge in [-0.05, 0) is 35.9 Å². The predicted octanol–water partition coefficient (Wildman–Crippen LogP) is 4.90. The summed E-state index contributed by atoms with van der Waals surface area (Å²) in [5.74, 6) is -0.722. The van der Waals surface area contributed by atoms with Gasteiger partial charge < -0.3 is 5.73 Å². The van der Waals surface area contributed by atoms with Crippen molar-refractivity contribution in [2.75, 3.05) is 5.73 Å². The highest BCUT2D eigenvalue weighted by atomic mass is 79.9. The molecule has 0 aliphatic rings. The molecule has 2 aromatic carbocycles. The summed E-state index contributed by atoms with van der Waals surface area (Å²) in [5, 5.41) is 0.408. The standard InChI is InChI=1S/C14H9BrCl2FNO/c15-9-1-2-12(18)7(3-9)6-13(20)8-4-10(16)14(19)11(17)5-8/h1-5H,6,19H2. The molecule has 0 atom stereocenters. The molecule has 20 heavy (non-hydrogen) atoms. The third-order valence-electron chi connectivity index (χ3n) is 2.76. The number of nitrogens with two attached hydrogens (primary N) is 1. The quantitative estimate of drug-likeness (QED) is 0.611. The smallest absolute Gasteiger partial charge is 0.167 e. The molecule has 2 N–H and O–H groups in total. The number of hydrogen-bond donors (Lipinski definition) is 1. The molecule has 0 saturated heterocycles. The monoisotopic (exact) mass is 375 g/mol. The van der Waals surface area contributed by atoms with Gasteiger partial charge in [-0.25, -0.2) is 4.39 Å². The number of hydrogen-bond acceptors (Lipinski definition) is 2. The van der Waals surface area contributed by atoms with Crippen LogP contribution in [-0.4, -0.2) is 5.78 Å². The van der Waals surface area contributed by atoms with Crippen LogP contribution in [0, 0.1) is 5.82 Å². The van der Waals surface area contributed by atoms with Crippen LogP contribution in [0.3, 0.4) is 0 Å². The van der Waals surface area contributed by atoms with Gasteiger partial charge in [0.25, 0.3) is 0 Å². The second kappa shape index (κ2) is 6.12. The first kappa shape index (κ1) is 15.3. The van der Waals surface area contributed by atoms with Gasteiger partial charge in [-0.3, -0.25) is 4.79 Å². The number of carbonyl (C=O) groups excluding carboxylic acids is 1. The SMILES string of the molecule is Nc1c(Cl)cc(C(=O)Cc2cc(Br)ccc2F)cc1Cl. The van der Waals surface area contributed by atoms with Crippen molar-refractivity contribution in [3.8, 4) is 0 Å². The minimum atomic E-state index is -0.436. The van der Waals surface area contributed by atoms with Crippen molar-refractivity contribution in [3.05, 3.63) is 61.8 Å². The summed E-state index contributed by atoms with van der Waals surface area (Å²) in [4.78, 5) is 12.2. The summed E-state index contributed by atoms with van der Waals surface area (Å²) in [7, 11) is 0. The van der Waals surface area contributed by atoms with Gasteiger partial charge in [0.2, 0.25) is 0 Å². The highest BCUT2D eigenvalue weighted by Gasteiger charge is 2.14. The van der Waals surface area contributed by atoms with E-state index in [2.05, 4.69) is 15.9 Å². The van der Waals surface area contributed by atoms with E-state index in [-0.39, 0.29) is 27.9 Å². The van der Waals surface area contributed by atoms with Crippen LogP contribution in [0.5, 0.6) is 0 Å². The van der Waals surface area contributed by atoms with Crippen LogP contribution in [0.4, 0.5) is 10.1 Å². The van der Waals surface area contributed by atoms with Gasteiger partial charge in [-0.15, -0.1) is 0 Å². The molecule has 0 aliphatic carbocycles. The molecule has 2 rings (SSSR count). The minimum Gasteiger partial charge on any atom is -0.396 e. The van der Waals surface area contributed by atoms with Crippen LogP contribution in [-0.2, 0) is 6.42 Å². The highest BCUT2D eigenvalue weighted by Crippen LogP contribution is 2.29. The Hall–Kier alpha value is -1.10. The molecule has 0 aliphatic heterocycles. The molecule has 2 nitrogen and oxygen atoms in total. The fourth-order valence-corrected chi connectivity index (χ4v) is 2.59. The average molecular weight is 377 g/mol. The Morgan fingerprint density at radius 2 is 1.80 bits per heavy atom. The molecule has 0 saturated carbocycles.